The summed E-state index contributed by atoms with van der Waals surface area (Å²) in [4.78, 5) is 9.23. The molecule has 2 rings (SSSR count). The van der Waals surface area contributed by atoms with Gasteiger partial charge in [0.2, 0.25) is 0 Å². The average molecular weight is 351 g/mol. The Balaban J connectivity index is 1.94. The molecular formula is C17H23ClN4S. The molecule has 0 aliphatic heterocycles. The van der Waals surface area contributed by atoms with Crippen molar-refractivity contribution in [3.05, 3.63) is 50.9 Å². The summed E-state index contributed by atoms with van der Waals surface area (Å²) in [5.41, 5.74) is 2.18. The van der Waals surface area contributed by atoms with Crippen LogP contribution in [0.25, 0.3) is 0 Å². The molecule has 124 valence electrons. The van der Waals surface area contributed by atoms with E-state index in [0.717, 1.165) is 28.8 Å². The van der Waals surface area contributed by atoms with Crippen molar-refractivity contribution in [2.45, 2.75) is 39.8 Å². The molecule has 4 nitrogen and oxygen atoms in total. The SMILES string of the molecule is CCNC(=NCc1ccc(Cl)cc1)NCc1csc(C(C)C)n1. The van der Waals surface area contributed by atoms with E-state index in [1.165, 1.54) is 5.01 Å². The second kappa shape index (κ2) is 8.89. The minimum Gasteiger partial charge on any atom is -0.357 e. The first-order valence-corrected chi connectivity index (χ1v) is 9.05. The van der Waals surface area contributed by atoms with Crippen molar-refractivity contribution >= 4 is 28.9 Å². The first-order valence-electron chi connectivity index (χ1n) is 7.79. The number of aromatic nitrogens is 1. The van der Waals surface area contributed by atoms with E-state index < -0.39 is 0 Å². The number of rotatable bonds is 6. The van der Waals surface area contributed by atoms with Crippen LogP contribution in [0.2, 0.25) is 5.02 Å². The van der Waals surface area contributed by atoms with E-state index in [1.807, 2.05) is 24.3 Å². The van der Waals surface area contributed by atoms with Gasteiger partial charge in [-0.05, 0) is 24.6 Å². The van der Waals surface area contributed by atoms with Gasteiger partial charge in [0.15, 0.2) is 5.96 Å². The molecule has 0 spiro atoms. The van der Waals surface area contributed by atoms with Gasteiger partial charge < -0.3 is 10.6 Å². The summed E-state index contributed by atoms with van der Waals surface area (Å²) in [6, 6.07) is 7.75. The Morgan fingerprint density at radius 3 is 2.61 bits per heavy atom. The fourth-order valence-electron chi connectivity index (χ4n) is 1.95. The maximum atomic E-state index is 5.90. The van der Waals surface area contributed by atoms with Crippen LogP contribution in [-0.4, -0.2) is 17.5 Å². The Morgan fingerprint density at radius 1 is 1.26 bits per heavy atom. The van der Waals surface area contributed by atoms with Crippen LogP contribution in [0.15, 0.2) is 34.6 Å². The first-order chi connectivity index (χ1) is 11.1. The molecule has 23 heavy (non-hydrogen) atoms. The number of nitrogens with zero attached hydrogens (tertiary/aromatic N) is 2. The van der Waals surface area contributed by atoms with Crippen molar-refractivity contribution in [1.29, 1.82) is 0 Å². The Morgan fingerprint density at radius 2 is 2.00 bits per heavy atom. The van der Waals surface area contributed by atoms with Crippen LogP contribution < -0.4 is 10.6 Å². The van der Waals surface area contributed by atoms with Crippen molar-refractivity contribution in [2.24, 2.45) is 4.99 Å². The molecule has 6 heteroatoms. The Labute approximate surface area is 147 Å². The number of hydrogen-bond donors (Lipinski definition) is 2. The van der Waals surface area contributed by atoms with Crippen LogP contribution in [0.1, 0.15) is 43.0 Å². The van der Waals surface area contributed by atoms with E-state index in [4.69, 9.17) is 11.6 Å². The molecule has 2 N–H and O–H groups in total. The summed E-state index contributed by atoms with van der Waals surface area (Å²) in [5.74, 6) is 1.27. The first kappa shape index (κ1) is 17.8. The quantitative estimate of drug-likeness (QED) is 0.607. The molecule has 1 aromatic heterocycles. The van der Waals surface area contributed by atoms with E-state index >= 15 is 0 Å². The highest BCUT2D eigenvalue weighted by Crippen LogP contribution is 2.18. The monoisotopic (exact) mass is 350 g/mol. The van der Waals surface area contributed by atoms with Crippen molar-refractivity contribution in [3.63, 3.8) is 0 Å². The number of benzene rings is 1. The van der Waals surface area contributed by atoms with Gasteiger partial charge in [-0.3, -0.25) is 0 Å². The summed E-state index contributed by atoms with van der Waals surface area (Å²) in [6.07, 6.45) is 0. The molecule has 0 saturated carbocycles. The molecule has 0 bridgehead atoms. The van der Waals surface area contributed by atoms with Gasteiger partial charge in [-0.15, -0.1) is 11.3 Å². The predicted octanol–water partition coefficient (Wildman–Crippen LogP) is 4.18. The van der Waals surface area contributed by atoms with Gasteiger partial charge in [-0.1, -0.05) is 37.6 Å². The highest BCUT2D eigenvalue weighted by Gasteiger charge is 2.06. The summed E-state index contributed by atoms with van der Waals surface area (Å²) in [7, 11) is 0. The largest absolute Gasteiger partial charge is 0.357 e. The summed E-state index contributed by atoms with van der Waals surface area (Å²) >= 11 is 7.61. The second-order valence-corrected chi connectivity index (χ2v) is 6.83. The van der Waals surface area contributed by atoms with E-state index in [-0.39, 0.29) is 0 Å². The third-order valence-corrected chi connectivity index (χ3v) is 4.62. The van der Waals surface area contributed by atoms with Crippen LogP contribution in [-0.2, 0) is 13.1 Å². The van der Waals surface area contributed by atoms with Crippen molar-refractivity contribution in [3.8, 4) is 0 Å². The summed E-state index contributed by atoms with van der Waals surface area (Å²) in [6.45, 7) is 8.48. The van der Waals surface area contributed by atoms with E-state index in [2.05, 4.69) is 46.8 Å². The van der Waals surface area contributed by atoms with Crippen LogP contribution >= 0.6 is 22.9 Å². The van der Waals surface area contributed by atoms with Crippen molar-refractivity contribution < 1.29 is 0 Å². The zero-order valence-corrected chi connectivity index (χ0v) is 15.3. The molecular weight excluding hydrogens is 328 g/mol. The fourth-order valence-corrected chi connectivity index (χ4v) is 2.91. The number of nitrogens with one attached hydrogen (secondary N) is 2. The lowest BCUT2D eigenvalue weighted by Crippen LogP contribution is -2.36. The smallest absolute Gasteiger partial charge is 0.191 e. The van der Waals surface area contributed by atoms with Gasteiger partial charge >= 0.3 is 0 Å². The molecule has 0 aliphatic rings. The van der Waals surface area contributed by atoms with Gasteiger partial charge in [0.05, 0.1) is 23.8 Å². The lowest BCUT2D eigenvalue weighted by atomic mass is 10.2. The van der Waals surface area contributed by atoms with Gasteiger partial charge in [-0.2, -0.15) is 0 Å². The Hall–Kier alpha value is -1.59. The van der Waals surface area contributed by atoms with E-state index in [0.29, 0.717) is 19.0 Å². The molecule has 1 aromatic carbocycles. The molecule has 0 fully saturated rings. The lowest BCUT2D eigenvalue weighted by Gasteiger charge is -2.10. The molecule has 0 saturated heterocycles. The standard InChI is InChI=1S/C17H23ClN4S/c1-4-19-17(20-9-13-5-7-14(18)8-6-13)21-10-15-11-23-16(22-15)12(2)3/h5-8,11-12H,4,9-10H2,1-3H3,(H2,19,20,21). The van der Waals surface area contributed by atoms with Gasteiger partial charge in [0, 0.05) is 22.9 Å². The molecule has 0 radical (unpaired) electrons. The maximum Gasteiger partial charge on any atom is 0.191 e. The van der Waals surface area contributed by atoms with Crippen LogP contribution in [0, 0.1) is 0 Å². The third kappa shape index (κ3) is 5.84. The van der Waals surface area contributed by atoms with Gasteiger partial charge in [0.25, 0.3) is 0 Å². The van der Waals surface area contributed by atoms with E-state index in [9.17, 15) is 0 Å². The Bertz CT molecular complexity index is 634. The number of aliphatic imine (C=N–C) groups is 1. The van der Waals surface area contributed by atoms with Crippen molar-refractivity contribution in [1.82, 2.24) is 15.6 Å². The molecule has 0 atom stereocenters. The van der Waals surface area contributed by atoms with Gasteiger partial charge in [0.1, 0.15) is 0 Å². The molecule has 2 aromatic rings. The number of hydrogen-bond acceptors (Lipinski definition) is 3. The zero-order chi connectivity index (χ0) is 16.7. The molecule has 0 amide bonds. The number of halogens is 1. The highest BCUT2D eigenvalue weighted by molar-refractivity contribution is 7.09. The van der Waals surface area contributed by atoms with Crippen molar-refractivity contribution in [2.75, 3.05) is 6.54 Å². The van der Waals surface area contributed by atoms with Crippen LogP contribution in [0.3, 0.4) is 0 Å². The second-order valence-electron chi connectivity index (χ2n) is 5.51. The van der Waals surface area contributed by atoms with E-state index in [1.54, 1.807) is 11.3 Å². The van der Waals surface area contributed by atoms with Gasteiger partial charge in [-0.25, -0.2) is 9.98 Å². The molecule has 0 unspecified atom stereocenters. The average Bonchev–Trinajstić information content (AvgIpc) is 3.01. The number of guanidine groups is 1. The molecule has 1 heterocycles. The molecule has 0 aliphatic carbocycles. The zero-order valence-electron chi connectivity index (χ0n) is 13.8. The summed E-state index contributed by atoms with van der Waals surface area (Å²) < 4.78 is 0. The third-order valence-electron chi connectivity index (χ3n) is 3.18. The number of thiazole rings is 1. The topological polar surface area (TPSA) is 49.3 Å². The minimum absolute atomic E-state index is 0.473. The van der Waals surface area contributed by atoms with Crippen LogP contribution in [0.4, 0.5) is 0 Å². The lowest BCUT2D eigenvalue weighted by molar-refractivity contribution is 0.787. The fraction of sp³-hybridized carbons (Fsp3) is 0.412. The Kier molecular flexibility index (Phi) is 6.86. The predicted molar refractivity (Wildman–Crippen MR) is 99.3 cm³/mol. The normalized spacial score (nSPS) is 11.8. The highest BCUT2D eigenvalue weighted by atomic mass is 35.5. The van der Waals surface area contributed by atoms with Crippen LogP contribution in [0.5, 0.6) is 0 Å². The maximum absolute atomic E-state index is 5.90. The minimum atomic E-state index is 0.473. The summed E-state index contributed by atoms with van der Waals surface area (Å²) in [5, 5.41) is 10.6.